The molecule has 1 aliphatic carbocycles. The van der Waals surface area contributed by atoms with Crippen molar-refractivity contribution in [2.45, 2.75) is 38.1 Å². The average molecular weight is 298 g/mol. The second kappa shape index (κ2) is 5.36. The van der Waals surface area contributed by atoms with E-state index in [4.69, 9.17) is 5.73 Å². The molecule has 0 bridgehead atoms. The zero-order valence-electron chi connectivity index (χ0n) is 10.2. The van der Waals surface area contributed by atoms with Gasteiger partial charge in [0.15, 0.2) is 0 Å². The number of halogens is 1. The maximum Gasteiger partial charge on any atom is 0.0590 e. The summed E-state index contributed by atoms with van der Waals surface area (Å²) in [4.78, 5) is 4.08. The lowest BCUT2D eigenvalue weighted by atomic mass is 9.76. The van der Waals surface area contributed by atoms with Crippen LogP contribution in [0.2, 0.25) is 0 Å². The van der Waals surface area contributed by atoms with E-state index in [0.29, 0.717) is 6.54 Å². The van der Waals surface area contributed by atoms with E-state index in [2.05, 4.69) is 33.2 Å². The van der Waals surface area contributed by atoms with E-state index in [1.807, 2.05) is 18.5 Å². The number of nitrogens with two attached hydrogens (primary N) is 1. The fraction of sp³-hybridized carbons (Fsp3) is 0.615. The van der Waals surface area contributed by atoms with Gasteiger partial charge < -0.3 is 11.1 Å². The number of hydrogen-bond acceptors (Lipinski definition) is 3. The van der Waals surface area contributed by atoms with Gasteiger partial charge in [0.1, 0.15) is 0 Å². The molecule has 2 unspecified atom stereocenters. The lowest BCUT2D eigenvalue weighted by Crippen LogP contribution is -2.48. The molecule has 1 heterocycles. The molecule has 3 nitrogen and oxygen atoms in total. The molecular weight excluding hydrogens is 278 g/mol. The van der Waals surface area contributed by atoms with Crippen molar-refractivity contribution < 1.29 is 0 Å². The van der Waals surface area contributed by atoms with Crippen LogP contribution in [0.1, 0.15) is 32.6 Å². The quantitative estimate of drug-likeness (QED) is 0.901. The Kier molecular flexibility index (Phi) is 4.05. The molecule has 1 saturated carbocycles. The minimum atomic E-state index is 0.0571. The molecule has 2 atom stereocenters. The lowest BCUT2D eigenvalue weighted by molar-refractivity contribution is 0.264. The van der Waals surface area contributed by atoms with Crippen LogP contribution in [0.4, 0.5) is 5.69 Å². The molecule has 1 aliphatic rings. The van der Waals surface area contributed by atoms with Crippen molar-refractivity contribution in [2.75, 3.05) is 11.9 Å². The fourth-order valence-electron chi connectivity index (χ4n) is 2.77. The summed E-state index contributed by atoms with van der Waals surface area (Å²) in [6, 6.07) is 2.00. The van der Waals surface area contributed by atoms with Gasteiger partial charge in [-0.2, -0.15) is 0 Å². The monoisotopic (exact) mass is 297 g/mol. The SMILES string of the molecule is CC1CCCC(CN)(Nc2ccncc2Br)C1. The molecule has 17 heavy (non-hydrogen) atoms. The molecule has 0 aromatic carbocycles. The Hall–Kier alpha value is -0.610. The molecule has 3 N–H and O–H groups in total. The van der Waals surface area contributed by atoms with E-state index in [1.54, 1.807) is 0 Å². The van der Waals surface area contributed by atoms with E-state index in [1.165, 1.54) is 12.8 Å². The summed E-state index contributed by atoms with van der Waals surface area (Å²) in [6.07, 6.45) is 8.51. The molecule has 0 saturated heterocycles. The van der Waals surface area contributed by atoms with Gasteiger partial charge in [-0.15, -0.1) is 0 Å². The average Bonchev–Trinajstić information content (AvgIpc) is 2.32. The van der Waals surface area contributed by atoms with Gasteiger partial charge in [0, 0.05) is 24.5 Å². The Bertz CT molecular complexity index is 383. The highest BCUT2D eigenvalue weighted by molar-refractivity contribution is 9.10. The Morgan fingerprint density at radius 2 is 2.47 bits per heavy atom. The molecule has 94 valence electrons. The van der Waals surface area contributed by atoms with Crippen molar-refractivity contribution in [3.8, 4) is 0 Å². The highest BCUT2D eigenvalue weighted by Crippen LogP contribution is 2.35. The molecule has 0 radical (unpaired) electrons. The third kappa shape index (κ3) is 2.99. The van der Waals surface area contributed by atoms with Crippen LogP contribution in [0, 0.1) is 5.92 Å². The van der Waals surface area contributed by atoms with Crippen LogP contribution < -0.4 is 11.1 Å². The molecule has 1 aromatic rings. The van der Waals surface area contributed by atoms with Crippen LogP contribution in [-0.4, -0.2) is 17.1 Å². The number of aromatic nitrogens is 1. The largest absolute Gasteiger partial charge is 0.377 e. The van der Waals surface area contributed by atoms with Gasteiger partial charge in [-0.25, -0.2) is 0 Å². The second-order valence-corrected chi connectivity index (χ2v) is 6.02. The van der Waals surface area contributed by atoms with E-state index >= 15 is 0 Å². The normalized spacial score (nSPS) is 29.0. The van der Waals surface area contributed by atoms with E-state index in [0.717, 1.165) is 28.9 Å². The molecule has 2 rings (SSSR count). The van der Waals surface area contributed by atoms with Crippen molar-refractivity contribution in [3.63, 3.8) is 0 Å². The minimum absolute atomic E-state index is 0.0571. The van der Waals surface area contributed by atoms with Crippen LogP contribution in [0.3, 0.4) is 0 Å². The first kappa shape index (κ1) is 12.8. The third-order valence-corrected chi connectivity index (χ3v) is 4.29. The van der Waals surface area contributed by atoms with Crippen molar-refractivity contribution >= 4 is 21.6 Å². The van der Waals surface area contributed by atoms with Gasteiger partial charge in [-0.05, 0) is 40.8 Å². The Morgan fingerprint density at radius 3 is 3.12 bits per heavy atom. The lowest BCUT2D eigenvalue weighted by Gasteiger charge is -2.41. The standard InChI is InChI=1S/C13H20BrN3/c1-10-3-2-5-13(7-10,9-15)17-12-4-6-16-8-11(12)14/h4,6,8,10H,2-3,5,7,9,15H2,1H3,(H,16,17). The smallest absolute Gasteiger partial charge is 0.0590 e. The van der Waals surface area contributed by atoms with Crippen molar-refractivity contribution in [2.24, 2.45) is 11.7 Å². The fourth-order valence-corrected chi connectivity index (χ4v) is 3.12. The van der Waals surface area contributed by atoms with Gasteiger partial charge in [0.05, 0.1) is 10.2 Å². The number of hydrogen-bond donors (Lipinski definition) is 2. The predicted molar refractivity (Wildman–Crippen MR) is 75.0 cm³/mol. The Morgan fingerprint density at radius 1 is 1.65 bits per heavy atom. The maximum absolute atomic E-state index is 6.00. The highest BCUT2D eigenvalue weighted by atomic mass is 79.9. The van der Waals surface area contributed by atoms with Crippen LogP contribution in [0.5, 0.6) is 0 Å². The van der Waals surface area contributed by atoms with Crippen LogP contribution in [0.15, 0.2) is 22.9 Å². The summed E-state index contributed by atoms with van der Waals surface area (Å²) in [5.41, 5.74) is 7.16. The van der Waals surface area contributed by atoms with E-state index in [9.17, 15) is 0 Å². The summed E-state index contributed by atoms with van der Waals surface area (Å²) in [7, 11) is 0. The minimum Gasteiger partial charge on any atom is -0.377 e. The first-order valence-corrected chi connectivity index (χ1v) is 7.02. The van der Waals surface area contributed by atoms with Gasteiger partial charge in [0.2, 0.25) is 0 Å². The van der Waals surface area contributed by atoms with Gasteiger partial charge in [0.25, 0.3) is 0 Å². The van der Waals surface area contributed by atoms with Gasteiger partial charge >= 0.3 is 0 Å². The molecule has 0 spiro atoms. The van der Waals surface area contributed by atoms with Gasteiger partial charge in [-0.1, -0.05) is 19.8 Å². The second-order valence-electron chi connectivity index (χ2n) is 5.17. The number of anilines is 1. The number of pyridine rings is 1. The summed E-state index contributed by atoms with van der Waals surface area (Å²) < 4.78 is 1.01. The van der Waals surface area contributed by atoms with Crippen LogP contribution >= 0.6 is 15.9 Å². The van der Waals surface area contributed by atoms with Crippen molar-refractivity contribution in [1.29, 1.82) is 0 Å². The van der Waals surface area contributed by atoms with Crippen LogP contribution in [0.25, 0.3) is 0 Å². The predicted octanol–water partition coefficient (Wildman–Crippen LogP) is 3.16. The first-order chi connectivity index (χ1) is 8.15. The van der Waals surface area contributed by atoms with Gasteiger partial charge in [-0.3, -0.25) is 4.98 Å². The number of nitrogens with zero attached hydrogens (tertiary/aromatic N) is 1. The highest BCUT2D eigenvalue weighted by Gasteiger charge is 2.33. The summed E-state index contributed by atoms with van der Waals surface area (Å²) in [5, 5.41) is 3.63. The zero-order valence-corrected chi connectivity index (χ0v) is 11.8. The molecule has 1 fully saturated rings. The van der Waals surface area contributed by atoms with E-state index in [-0.39, 0.29) is 5.54 Å². The molecule has 0 amide bonds. The topological polar surface area (TPSA) is 50.9 Å². The van der Waals surface area contributed by atoms with Crippen LogP contribution in [-0.2, 0) is 0 Å². The summed E-state index contributed by atoms with van der Waals surface area (Å²) in [6.45, 7) is 3.00. The zero-order chi connectivity index (χ0) is 12.3. The summed E-state index contributed by atoms with van der Waals surface area (Å²) in [5.74, 6) is 0.750. The van der Waals surface area contributed by atoms with E-state index < -0.39 is 0 Å². The number of rotatable bonds is 3. The molecule has 1 aromatic heterocycles. The maximum atomic E-state index is 6.00. The summed E-state index contributed by atoms with van der Waals surface area (Å²) >= 11 is 3.53. The Balaban J connectivity index is 2.17. The molecule has 0 aliphatic heterocycles. The van der Waals surface area contributed by atoms with Crippen molar-refractivity contribution in [3.05, 3.63) is 22.9 Å². The third-order valence-electron chi connectivity index (χ3n) is 3.65. The first-order valence-electron chi connectivity index (χ1n) is 6.23. The number of nitrogens with one attached hydrogen (secondary N) is 1. The van der Waals surface area contributed by atoms with Crippen molar-refractivity contribution in [1.82, 2.24) is 4.98 Å². The molecular formula is C13H20BrN3. The molecule has 4 heteroatoms. The Labute approximate surface area is 111 Å².